The fourth-order valence-electron chi connectivity index (χ4n) is 4.75. The van der Waals surface area contributed by atoms with E-state index in [0.29, 0.717) is 23.3 Å². The maximum Gasteiger partial charge on any atom is 0.414 e. The molecule has 3 aliphatic rings. The highest BCUT2D eigenvalue weighted by Crippen LogP contribution is 2.49. The lowest BCUT2D eigenvalue weighted by Crippen LogP contribution is -2.36. The molecule has 3 atom stereocenters. The minimum Gasteiger partial charge on any atom is -0.473 e. The van der Waals surface area contributed by atoms with E-state index in [1.807, 2.05) is 54.6 Å². The number of amides is 3. The number of carbonyl (C=O) groups is 3. The second kappa shape index (κ2) is 7.12. The molecule has 2 aromatic carbocycles. The maximum atomic E-state index is 13.0. The topological polar surface area (TPSA) is 87.2 Å². The Morgan fingerprint density at radius 1 is 1.10 bits per heavy atom. The van der Waals surface area contributed by atoms with Crippen molar-refractivity contribution < 1.29 is 24.2 Å². The third-order valence-electron chi connectivity index (χ3n) is 6.12. The summed E-state index contributed by atoms with van der Waals surface area (Å²) in [6.07, 6.45) is 1.44. The molecule has 156 valence electrons. The minimum atomic E-state index is -1.28. The van der Waals surface area contributed by atoms with Crippen LogP contribution in [0.5, 0.6) is 0 Å². The second-order valence-electron chi connectivity index (χ2n) is 7.91. The van der Waals surface area contributed by atoms with Crippen LogP contribution in [-0.4, -0.2) is 34.1 Å². The average Bonchev–Trinajstić information content (AvgIpc) is 3.35. The molecule has 0 aromatic heterocycles. The summed E-state index contributed by atoms with van der Waals surface area (Å²) in [6.45, 7) is 1.79. The molecule has 7 heteroatoms. The summed E-state index contributed by atoms with van der Waals surface area (Å²) in [5.74, 6) is -1.09. The molecule has 1 N–H and O–H groups in total. The first kappa shape index (κ1) is 19.1. The quantitative estimate of drug-likeness (QED) is 0.610. The second-order valence-corrected chi connectivity index (χ2v) is 7.91. The third-order valence-corrected chi connectivity index (χ3v) is 6.12. The lowest BCUT2D eigenvalue weighted by molar-refractivity contribution is -0.124. The van der Waals surface area contributed by atoms with E-state index in [1.54, 1.807) is 6.92 Å². The van der Waals surface area contributed by atoms with Gasteiger partial charge in [-0.3, -0.25) is 14.5 Å². The molecule has 0 saturated carbocycles. The van der Waals surface area contributed by atoms with Crippen LogP contribution in [-0.2, 0) is 20.7 Å². The van der Waals surface area contributed by atoms with Crippen LogP contribution in [0, 0.1) is 5.92 Å². The molecule has 5 rings (SSSR count). The molecule has 2 aromatic rings. The van der Waals surface area contributed by atoms with Crippen molar-refractivity contribution in [1.29, 1.82) is 0 Å². The number of ether oxygens (including phenoxy) is 1. The summed E-state index contributed by atoms with van der Waals surface area (Å²) in [7, 11) is 0. The van der Waals surface area contributed by atoms with Gasteiger partial charge < -0.3 is 9.84 Å². The van der Waals surface area contributed by atoms with Crippen molar-refractivity contribution >= 4 is 23.6 Å². The average molecular weight is 416 g/mol. The molecule has 31 heavy (non-hydrogen) atoms. The van der Waals surface area contributed by atoms with E-state index in [9.17, 15) is 19.5 Å². The van der Waals surface area contributed by atoms with Gasteiger partial charge in [-0.15, -0.1) is 0 Å². The Morgan fingerprint density at radius 3 is 2.55 bits per heavy atom. The van der Waals surface area contributed by atoms with Crippen LogP contribution in [0.15, 0.2) is 78.1 Å². The number of likely N-dealkylation sites (tertiary alicyclic amines) is 1. The van der Waals surface area contributed by atoms with Crippen molar-refractivity contribution in [3.05, 3.63) is 89.2 Å². The fourth-order valence-corrected chi connectivity index (χ4v) is 4.75. The Bertz CT molecular complexity index is 1150. The van der Waals surface area contributed by atoms with E-state index in [2.05, 4.69) is 0 Å². The molecule has 2 aliphatic heterocycles. The number of carbonyl (C=O) groups excluding carboxylic acids is 2. The van der Waals surface area contributed by atoms with Gasteiger partial charge in [-0.05, 0) is 42.2 Å². The van der Waals surface area contributed by atoms with E-state index in [-0.39, 0.29) is 11.8 Å². The number of nitrogens with zero attached hydrogens (tertiary/aromatic N) is 2. The molecular weight excluding hydrogens is 396 g/mol. The minimum absolute atomic E-state index is 0.205. The highest BCUT2D eigenvalue weighted by molar-refractivity contribution is 6.06. The summed E-state index contributed by atoms with van der Waals surface area (Å²) >= 11 is 0. The molecule has 0 bridgehead atoms. The first-order chi connectivity index (χ1) is 15.0. The third kappa shape index (κ3) is 2.92. The first-order valence-electron chi connectivity index (χ1n) is 10.0. The van der Waals surface area contributed by atoms with Crippen LogP contribution in [0.25, 0.3) is 0 Å². The molecule has 1 saturated heterocycles. The van der Waals surface area contributed by atoms with Gasteiger partial charge in [0.2, 0.25) is 6.23 Å². The van der Waals surface area contributed by atoms with Crippen LogP contribution in [0.4, 0.5) is 10.5 Å². The van der Waals surface area contributed by atoms with Gasteiger partial charge in [0.1, 0.15) is 0 Å². The van der Waals surface area contributed by atoms with Gasteiger partial charge in [-0.1, -0.05) is 42.5 Å². The smallest absolute Gasteiger partial charge is 0.414 e. The lowest BCUT2D eigenvalue weighted by atomic mass is 9.97. The van der Waals surface area contributed by atoms with Crippen molar-refractivity contribution in [2.75, 3.05) is 4.90 Å². The van der Waals surface area contributed by atoms with Crippen molar-refractivity contribution in [2.24, 2.45) is 5.92 Å². The summed E-state index contributed by atoms with van der Waals surface area (Å²) in [6, 6.07) is 16.2. The molecule has 0 spiro atoms. The molecule has 3 amide bonds. The monoisotopic (exact) mass is 416 g/mol. The van der Waals surface area contributed by atoms with Crippen molar-refractivity contribution in [1.82, 2.24) is 4.90 Å². The predicted molar refractivity (Wildman–Crippen MR) is 112 cm³/mol. The van der Waals surface area contributed by atoms with Crippen LogP contribution >= 0.6 is 0 Å². The predicted octanol–water partition coefficient (Wildman–Crippen LogP) is 3.64. The Labute approximate surface area is 178 Å². The van der Waals surface area contributed by atoms with Gasteiger partial charge in [0.25, 0.3) is 11.8 Å². The van der Waals surface area contributed by atoms with Crippen LogP contribution in [0.3, 0.4) is 0 Å². The van der Waals surface area contributed by atoms with Gasteiger partial charge in [0.15, 0.2) is 0 Å². The van der Waals surface area contributed by atoms with Gasteiger partial charge in [0, 0.05) is 17.7 Å². The molecule has 0 radical (unpaired) electrons. The normalized spacial score (nSPS) is 25.6. The van der Waals surface area contributed by atoms with E-state index in [1.165, 1.54) is 17.2 Å². The van der Waals surface area contributed by atoms with Crippen LogP contribution in [0.2, 0.25) is 0 Å². The molecule has 3 unspecified atom stereocenters. The zero-order chi connectivity index (χ0) is 21.7. The fraction of sp³-hybridized carbons (Fsp3) is 0.208. The number of imide groups is 1. The summed E-state index contributed by atoms with van der Waals surface area (Å²) < 4.78 is 5.98. The number of hydrogen-bond acceptors (Lipinski definition) is 4. The number of para-hydroxylation sites is 1. The van der Waals surface area contributed by atoms with Crippen molar-refractivity contribution in [3.63, 3.8) is 0 Å². The number of rotatable bonds is 3. The van der Waals surface area contributed by atoms with E-state index in [0.717, 1.165) is 16.0 Å². The summed E-state index contributed by atoms with van der Waals surface area (Å²) in [5, 5.41) is 9.70. The Morgan fingerprint density at radius 2 is 1.81 bits per heavy atom. The summed E-state index contributed by atoms with van der Waals surface area (Å²) in [5.41, 5.74) is 3.58. The zero-order valence-corrected chi connectivity index (χ0v) is 16.8. The van der Waals surface area contributed by atoms with Crippen LogP contribution < -0.4 is 4.90 Å². The number of hydrogen-bond donors (Lipinski definition) is 1. The number of fused-ring (bicyclic) bond motifs is 3. The maximum absolute atomic E-state index is 13.0. The highest BCUT2D eigenvalue weighted by Gasteiger charge is 2.52. The van der Waals surface area contributed by atoms with E-state index < -0.39 is 24.3 Å². The lowest BCUT2D eigenvalue weighted by Gasteiger charge is -2.26. The van der Waals surface area contributed by atoms with Crippen molar-refractivity contribution in [3.8, 4) is 0 Å². The summed E-state index contributed by atoms with van der Waals surface area (Å²) in [4.78, 5) is 39.8. The zero-order valence-electron chi connectivity index (χ0n) is 16.8. The van der Waals surface area contributed by atoms with Gasteiger partial charge in [-0.25, -0.2) is 9.69 Å². The number of anilines is 1. The van der Waals surface area contributed by atoms with Gasteiger partial charge in [0.05, 0.1) is 17.9 Å². The molecule has 2 heterocycles. The molecule has 1 fully saturated rings. The SMILES string of the molecule is CC1=CC(=O)N(c2ccccc2)C1OC=C1C(=O)N(C(=O)O)C2c3ccccc3CC12. The van der Waals surface area contributed by atoms with Crippen molar-refractivity contribution in [2.45, 2.75) is 25.6 Å². The highest BCUT2D eigenvalue weighted by atomic mass is 16.5. The molecular formula is C24H20N2O5. The van der Waals surface area contributed by atoms with Gasteiger partial charge >= 0.3 is 6.09 Å². The molecule has 1 aliphatic carbocycles. The Hall–Kier alpha value is -3.87. The van der Waals surface area contributed by atoms with Crippen LogP contribution in [0.1, 0.15) is 24.1 Å². The Kier molecular flexibility index (Phi) is 4.39. The Balaban J connectivity index is 1.48. The van der Waals surface area contributed by atoms with E-state index >= 15 is 0 Å². The first-order valence-corrected chi connectivity index (χ1v) is 10.0. The largest absolute Gasteiger partial charge is 0.473 e. The van der Waals surface area contributed by atoms with E-state index in [4.69, 9.17) is 4.74 Å². The standard InChI is InChI=1S/C24H20N2O5/c1-14-11-20(27)25(16-8-3-2-4-9-16)23(14)31-13-19-18-12-15-7-5-6-10-17(15)21(18)26(22(19)28)24(29)30/h2-11,13,18,21,23H,12H2,1H3,(H,29,30). The number of carboxylic acid groups (broad SMARTS) is 1. The van der Waals surface area contributed by atoms with Gasteiger partial charge in [-0.2, -0.15) is 0 Å². The number of benzene rings is 2. The molecule has 7 nitrogen and oxygen atoms in total.